The molecule has 1 aromatic carbocycles. The van der Waals surface area contributed by atoms with Crippen molar-refractivity contribution in [3.63, 3.8) is 0 Å². The minimum absolute atomic E-state index is 0.276. The molecule has 0 N–H and O–H groups in total. The molecule has 0 unspecified atom stereocenters. The summed E-state index contributed by atoms with van der Waals surface area (Å²) in [5.74, 6) is 1.11. The standard InChI is InChI=1S/C19H27NO/c1-13-5-8-16(9-6-13)20(17-10-11-17)19(21)18-12-14(2)4-7-15(18)3/h4,7,12-13,16-17H,5-6,8-11H2,1-3H3. The zero-order valence-corrected chi connectivity index (χ0v) is 13.6. The molecule has 21 heavy (non-hydrogen) atoms. The second-order valence-corrected chi connectivity index (χ2v) is 7.18. The van der Waals surface area contributed by atoms with E-state index >= 15 is 0 Å². The first-order valence-corrected chi connectivity index (χ1v) is 8.46. The monoisotopic (exact) mass is 285 g/mol. The van der Waals surface area contributed by atoms with Crippen LogP contribution in [0.3, 0.4) is 0 Å². The van der Waals surface area contributed by atoms with E-state index in [0.717, 1.165) is 17.0 Å². The third kappa shape index (κ3) is 3.14. The van der Waals surface area contributed by atoms with Crippen LogP contribution in [-0.4, -0.2) is 22.9 Å². The van der Waals surface area contributed by atoms with Gasteiger partial charge in [-0.15, -0.1) is 0 Å². The molecular weight excluding hydrogens is 258 g/mol. The van der Waals surface area contributed by atoms with E-state index in [4.69, 9.17) is 0 Å². The van der Waals surface area contributed by atoms with Crippen LogP contribution in [0, 0.1) is 19.8 Å². The lowest BCUT2D eigenvalue weighted by atomic mass is 9.86. The summed E-state index contributed by atoms with van der Waals surface area (Å²) in [6.07, 6.45) is 7.32. The molecule has 1 aromatic rings. The summed E-state index contributed by atoms with van der Waals surface area (Å²) in [6, 6.07) is 7.22. The molecule has 2 nitrogen and oxygen atoms in total. The second kappa shape index (κ2) is 5.82. The van der Waals surface area contributed by atoms with Gasteiger partial charge >= 0.3 is 0 Å². The van der Waals surface area contributed by atoms with E-state index in [1.807, 2.05) is 0 Å². The Morgan fingerprint density at radius 3 is 2.14 bits per heavy atom. The summed E-state index contributed by atoms with van der Waals surface area (Å²) in [7, 11) is 0. The Morgan fingerprint density at radius 1 is 1.00 bits per heavy atom. The molecule has 0 saturated heterocycles. The van der Waals surface area contributed by atoms with Crippen LogP contribution >= 0.6 is 0 Å². The van der Waals surface area contributed by atoms with Crippen LogP contribution in [-0.2, 0) is 0 Å². The first-order chi connectivity index (χ1) is 10.1. The van der Waals surface area contributed by atoms with Crippen molar-refractivity contribution in [2.24, 2.45) is 5.92 Å². The molecule has 3 rings (SSSR count). The molecule has 0 radical (unpaired) electrons. The van der Waals surface area contributed by atoms with Crippen molar-refractivity contribution in [3.8, 4) is 0 Å². The van der Waals surface area contributed by atoms with Gasteiger partial charge in [-0.25, -0.2) is 0 Å². The summed E-state index contributed by atoms with van der Waals surface area (Å²) < 4.78 is 0. The van der Waals surface area contributed by atoms with Crippen LogP contribution in [0.2, 0.25) is 0 Å². The minimum atomic E-state index is 0.276. The molecule has 2 heteroatoms. The molecule has 2 aliphatic carbocycles. The van der Waals surface area contributed by atoms with Crippen molar-refractivity contribution in [1.29, 1.82) is 0 Å². The number of nitrogens with zero attached hydrogens (tertiary/aromatic N) is 1. The van der Waals surface area contributed by atoms with Crippen LogP contribution < -0.4 is 0 Å². The fraction of sp³-hybridized carbons (Fsp3) is 0.632. The van der Waals surface area contributed by atoms with E-state index in [0.29, 0.717) is 12.1 Å². The highest BCUT2D eigenvalue weighted by molar-refractivity contribution is 5.96. The number of benzene rings is 1. The molecule has 2 aliphatic rings. The quantitative estimate of drug-likeness (QED) is 0.801. The normalized spacial score (nSPS) is 25.7. The Bertz CT molecular complexity index is 524. The first-order valence-electron chi connectivity index (χ1n) is 8.46. The largest absolute Gasteiger partial charge is 0.333 e. The first kappa shape index (κ1) is 14.6. The van der Waals surface area contributed by atoms with E-state index in [9.17, 15) is 4.79 Å². The highest BCUT2D eigenvalue weighted by Crippen LogP contribution is 2.36. The van der Waals surface area contributed by atoms with Gasteiger partial charge in [-0.2, -0.15) is 0 Å². The van der Waals surface area contributed by atoms with E-state index in [1.165, 1.54) is 44.1 Å². The van der Waals surface area contributed by atoms with Crippen molar-refractivity contribution in [2.75, 3.05) is 0 Å². The SMILES string of the molecule is Cc1ccc(C)c(C(=O)N(C2CCC(C)CC2)C2CC2)c1. The van der Waals surface area contributed by atoms with Gasteiger partial charge in [-0.1, -0.05) is 24.6 Å². The Hall–Kier alpha value is -1.31. The van der Waals surface area contributed by atoms with Crippen molar-refractivity contribution in [3.05, 3.63) is 34.9 Å². The van der Waals surface area contributed by atoms with E-state index in [2.05, 4.69) is 43.9 Å². The highest BCUT2D eigenvalue weighted by atomic mass is 16.2. The maximum absolute atomic E-state index is 13.1. The average molecular weight is 285 g/mol. The molecule has 2 fully saturated rings. The van der Waals surface area contributed by atoms with Crippen LogP contribution in [0.4, 0.5) is 0 Å². The number of carbonyl (C=O) groups is 1. The van der Waals surface area contributed by atoms with Crippen LogP contribution in [0.1, 0.15) is 66.9 Å². The maximum Gasteiger partial charge on any atom is 0.254 e. The lowest BCUT2D eigenvalue weighted by Crippen LogP contribution is -2.44. The number of aryl methyl sites for hydroxylation is 2. The third-order valence-electron chi connectivity index (χ3n) is 5.18. The van der Waals surface area contributed by atoms with Crippen molar-refractivity contribution >= 4 is 5.91 Å². The van der Waals surface area contributed by atoms with Crippen LogP contribution in [0.25, 0.3) is 0 Å². The molecule has 2 saturated carbocycles. The molecular formula is C19H27NO. The van der Waals surface area contributed by atoms with Crippen molar-refractivity contribution < 1.29 is 4.79 Å². The molecule has 1 amide bonds. The minimum Gasteiger partial charge on any atom is -0.333 e. The zero-order chi connectivity index (χ0) is 15.0. The van der Waals surface area contributed by atoms with Gasteiger partial charge in [0.2, 0.25) is 0 Å². The molecule has 0 spiro atoms. The molecule has 0 atom stereocenters. The molecule has 0 heterocycles. The Kier molecular flexibility index (Phi) is 4.05. The van der Waals surface area contributed by atoms with Gasteiger partial charge in [0.25, 0.3) is 5.91 Å². The fourth-order valence-electron chi connectivity index (χ4n) is 3.61. The summed E-state index contributed by atoms with van der Waals surface area (Å²) in [5.41, 5.74) is 3.21. The van der Waals surface area contributed by atoms with Crippen molar-refractivity contribution in [1.82, 2.24) is 4.90 Å². The predicted octanol–water partition coefficient (Wildman–Crippen LogP) is 4.49. The van der Waals surface area contributed by atoms with Crippen LogP contribution in [0.5, 0.6) is 0 Å². The Morgan fingerprint density at radius 2 is 1.57 bits per heavy atom. The average Bonchev–Trinajstić information content (AvgIpc) is 3.28. The summed E-state index contributed by atoms with van der Waals surface area (Å²) in [6.45, 7) is 6.46. The lowest BCUT2D eigenvalue weighted by Gasteiger charge is -2.37. The number of hydrogen-bond donors (Lipinski definition) is 0. The molecule has 114 valence electrons. The van der Waals surface area contributed by atoms with Crippen LogP contribution in [0.15, 0.2) is 18.2 Å². The highest BCUT2D eigenvalue weighted by Gasteiger charge is 2.39. The molecule has 0 aliphatic heterocycles. The van der Waals surface area contributed by atoms with E-state index in [-0.39, 0.29) is 5.91 Å². The van der Waals surface area contributed by atoms with E-state index < -0.39 is 0 Å². The predicted molar refractivity (Wildman–Crippen MR) is 86.5 cm³/mol. The number of carbonyl (C=O) groups excluding carboxylic acids is 1. The van der Waals surface area contributed by atoms with Crippen molar-refractivity contribution in [2.45, 2.75) is 71.4 Å². The topological polar surface area (TPSA) is 20.3 Å². The van der Waals surface area contributed by atoms with Gasteiger partial charge in [0.05, 0.1) is 0 Å². The van der Waals surface area contributed by atoms with Gasteiger partial charge in [-0.05, 0) is 69.9 Å². The van der Waals surface area contributed by atoms with Gasteiger partial charge < -0.3 is 4.90 Å². The Balaban J connectivity index is 1.83. The fourth-order valence-corrected chi connectivity index (χ4v) is 3.61. The zero-order valence-electron chi connectivity index (χ0n) is 13.6. The summed E-state index contributed by atoms with van der Waals surface area (Å²) >= 11 is 0. The number of amides is 1. The van der Waals surface area contributed by atoms with Gasteiger partial charge in [-0.3, -0.25) is 4.79 Å². The van der Waals surface area contributed by atoms with Gasteiger partial charge in [0.1, 0.15) is 0 Å². The third-order valence-corrected chi connectivity index (χ3v) is 5.18. The summed E-state index contributed by atoms with van der Waals surface area (Å²) in [4.78, 5) is 15.3. The second-order valence-electron chi connectivity index (χ2n) is 7.18. The maximum atomic E-state index is 13.1. The number of rotatable bonds is 3. The van der Waals surface area contributed by atoms with Gasteiger partial charge in [0.15, 0.2) is 0 Å². The van der Waals surface area contributed by atoms with Gasteiger partial charge in [0, 0.05) is 17.6 Å². The summed E-state index contributed by atoms with van der Waals surface area (Å²) in [5, 5.41) is 0. The molecule has 0 aromatic heterocycles. The smallest absolute Gasteiger partial charge is 0.254 e. The lowest BCUT2D eigenvalue weighted by molar-refractivity contribution is 0.0592. The molecule has 0 bridgehead atoms. The van der Waals surface area contributed by atoms with E-state index in [1.54, 1.807) is 0 Å². The number of hydrogen-bond acceptors (Lipinski definition) is 1. The Labute approximate surface area is 128 Å².